The van der Waals surface area contributed by atoms with Gasteiger partial charge in [0.15, 0.2) is 0 Å². The van der Waals surface area contributed by atoms with E-state index in [1.54, 1.807) is 0 Å². The number of hydrogen-bond acceptors (Lipinski definition) is 3. The van der Waals surface area contributed by atoms with Crippen LogP contribution in [0.2, 0.25) is 0 Å². The largest absolute Gasteiger partial charge is 0.416 e. The van der Waals surface area contributed by atoms with E-state index in [9.17, 15) is 28.1 Å². The Hall–Kier alpha value is -2.18. The summed E-state index contributed by atoms with van der Waals surface area (Å²) in [5, 5.41) is 10.3. The van der Waals surface area contributed by atoms with Crippen LogP contribution in [0.25, 0.3) is 6.08 Å². The van der Waals surface area contributed by atoms with Gasteiger partial charge in [0.25, 0.3) is 0 Å². The lowest BCUT2D eigenvalue weighted by molar-refractivity contribution is -0.415. The van der Waals surface area contributed by atoms with Crippen molar-refractivity contribution in [3.8, 4) is 0 Å². The summed E-state index contributed by atoms with van der Waals surface area (Å²) < 4.78 is 37.5. The number of hydrogen-bond donors (Lipinski definition) is 0. The molecule has 0 atom stereocenters. The number of nitrogens with zero attached hydrogens (tertiary/aromatic N) is 1. The normalized spacial score (nSPS) is 12.3. The van der Waals surface area contributed by atoms with Crippen LogP contribution in [0.4, 0.5) is 13.2 Å². The van der Waals surface area contributed by atoms with Crippen LogP contribution in [-0.4, -0.2) is 11.2 Å². The van der Waals surface area contributed by atoms with E-state index < -0.39 is 27.9 Å². The first kappa shape index (κ1) is 12.9. The molecule has 0 saturated heterocycles. The molecule has 4 nitrogen and oxygen atoms in total. The van der Waals surface area contributed by atoms with Crippen LogP contribution in [0.5, 0.6) is 0 Å². The molecule has 0 aliphatic carbocycles. The molecule has 0 radical (unpaired) electrons. The maximum Gasteiger partial charge on any atom is 0.416 e. The van der Waals surface area contributed by atoms with Gasteiger partial charge in [0.1, 0.15) is 0 Å². The van der Waals surface area contributed by atoms with Gasteiger partial charge >= 0.3 is 11.9 Å². The summed E-state index contributed by atoms with van der Waals surface area (Å²) in [7, 11) is 0. The van der Waals surface area contributed by atoms with E-state index in [2.05, 4.69) is 0 Å². The number of carbonyl (C=O) groups excluding carboxylic acids is 1. The first-order valence-corrected chi connectivity index (χ1v) is 4.33. The molecule has 0 aromatic heterocycles. The topological polar surface area (TPSA) is 60.2 Å². The van der Waals surface area contributed by atoms with Crippen molar-refractivity contribution in [3.05, 3.63) is 51.2 Å². The zero-order valence-corrected chi connectivity index (χ0v) is 8.27. The Bertz CT molecular complexity index is 480. The van der Waals surface area contributed by atoms with Crippen molar-refractivity contribution in [3.63, 3.8) is 0 Å². The Morgan fingerprint density at radius 1 is 1.29 bits per heavy atom. The van der Waals surface area contributed by atoms with Gasteiger partial charge in [0.2, 0.25) is 6.29 Å². The molecule has 0 unspecified atom stereocenters. The van der Waals surface area contributed by atoms with Crippen molar-refractivity contribution in [1.82, 2.24) is 0 Å². The highest BCUT2D eigenvalue weighted by Gasteiger charge is 2.32. The SMILES string of the molecule is O=CC(=Cc1ccccc1C(F)(F)F)[N+](=O)[O-]. The molecule has 1 aromatic carbocycles. The highest BCUT2D eigenvalue weighted by molar-refractivity contribution is 5.79. The number of halogens is 3. The summed E-state index contributed by atoms with van der Waals surface area (Å²) in [6, 6.07) is 4.29. The van der Waals surface area contributed by atoms with Crippen LogP contribution in [0.1, 0.15) is 11.1 Å². The van der Waals surface area contributed by atoms with Crippen LogP contribution in [-0.2, 0) is 11.0 Å². The summed E-state index contributed by atoms with van der Waals surface area (Å²) in [5.41, 5.74) is -2.37. The molecule has 0 heterocycles. The third-order valence-corrected chi connectivity index (χ3v) is 1.90. The molecule has 0 amide bonds. The molecule has 0 aliphatic rings. The molecule has 17 heavy (non-hydrogen) atoms. The van der Waals surface area contributed by atoms with E-state index >= 15 is 0 Å². The molecule has 7 heteroatoms. The highest BCUT2D eigenvalue weighted by Crippen LogP contribution is 2.32. The summed E-state index contributed by atoms with van der Waals surface area (Å²) >= 11 is 0. The molecular weight excluding hydrogens is 239 g/mol. The minimum Gasteiger partial charge on any atom is -0.291 e. The Kier molecular flexibility index (Phi) is 3.62. The highest BCUT2D eigenvalue weighted by atomic mass is 19.4. The Morgan fingerprint density at radius 3 is 2.35 bits per heavy atom. The smallest absolute Gasteiger partial charge is 0.291 e. The van der Waals surface area contributed by atoms with E-state index in [1.807, 2.05) is 0 Å². The fourth-order valence-corrected chi connectivity index (χ4v) is 1.17. The number of nitro groups is 1. The molecule has 0 bridgehead atoms. The third-order valence-electron chi connectivity index (χ3n) is 1.90. The average molecular weight is 245 g/mol. The summed E-state index contributed by atoms with van der Waals surface area (Å²) in [6.07, 6.45) is -4.14. The molecule has 0 saturated carbocycles. The quantitative estimate of drug-likeness (QED) is 0.356. The van der Waals surface area contributed by atoms with Gasteiger partial charge < -0.3 is 0 Å². The van der Waals surface area contributed by atoms with Crippen LogP contribution < -0.4 is 0 Å². The monoisotopic (exact) mass is 245 g/mol. The number of rotatable bonds is 3. The van der Waals surface area contributed by atoms with Crippen LogP contribution in [0, 0.1) is 10.1 Å². The molecule has 90 valence electrons. The first-order chi connectivity index (χ1) is 7.86. The van der Waals surface area contributed by atoms with E-state index in [0.717, 1.165) is 18.2 Å². The standard InChI is InChI=1S/C10H6F3NO3/c11-10(12,13)9-4-2-1-3-7(9)5-8(6-15)14(16)17/h1-6H. The second kappa shape index (κ2) is 4.77. The van der Waals surface area contributed by atoms with Gasteiger partial charge in [-0.2, -0.15) is 13.2 Å². The number of benzene rings is 1. The van der Waals surface area contributed by atoms with Crippen LogP contribution in [0.3, 0.4) is 0 Å². The van der Waals surface area contributed by atoms with E-state index in [4.69, 9.17) is 0 Å². The van der Waals surface area contributed by atoms with Gasteiger partial charge in [-0.25, -0.2) is 0 Å². The predicted octanol–water partition coefficient (Wildman–Crippen LogP) is 2.52. The molecule has 0 aliphatic heterocycles. The maximum absolute atomic E-state index is 12.5. The zero-order chi connectivity index (χ0) is 13.1. The van der Waals surface area contributed by atoms with Crippen LogP contribution >= 0.6 is 0 Å². The molecule has 0 N–H and O–H groups in total. The minimum absolute atomic E-state index is 0.104. The number of aldehydes is 1. The molecule has 0 fully saturated rings. The lowest BCUT2D eigenvalue weighted by atomic mass is 10.1. The second-order valence-electron chi connectivity index (χ2n) is 3.03. The lowest BCUT2D eigenvalue weighted by Gasteiger charge is -2.09. The number of allylic oxidation sites excluding steroid dienone is 1. The fraction of sp³-hybridized carbons (Fsp3) is 0.100. The van der Waals surface area contributed by atoms with E-state index in [0.29, 0.717) is 6.08 Å². The van der Waals surface area contributed by atoms with Gasteiger partial charge in [-0.05, 0) is 11.6 Å². The zero-order valence-electron chi connectivity index (χ0n) is 8.27. The summed E-state index contributed by atoms with van der Waals surface area (Å²) in [4.78, 5) is 19.6. The Labute approximate surface area is 93.5 Å². The predicted molar refractivity (Wildman–Crippen MR) is 52.5 cm³/mol. The van der Waals surface area contributed by atoms with Gasteiger partial charge in [-0.15, -0.1) is 0 Å². The third kappa shape index (κ3) is 3.13. The van der Waals surface area contributed by atoms with Crippen molar-refractivity contribution in [1.29, 1.82) is 0 Å². The molecular formula is C10H6F3NO3. The number of carbonyl (C=O) groups is 1. The molecule has 1 rings (SSSR count). The van der Waals surface area contributed by atoms with Crippen molar-refractivity contribution in [2.75, 3.05) is 0 Å². The van der Waals surface area contributed by atoms with E-state index in [-0.39, 0.29) is 6.29 Å². The van der Waals surface area contributed by atoms with Gasteiger partial charge in [-0.1, -0.05) is 18.2 Å². The Morgan fingerprint density at radius 2 is 1.88 bits per heavy atom. The van der Waals surface area contributed by atoms with Crippen molar-refractivity contribution >= 4 is 12.4 Å². The lowest BCUT2D eigenvalue weighted by Crippen LogP contribution is -2.08. The second-order valence-corrected chi connectivity index (χ2v) is 3.03. The summed E-state index contributed by atoms with van der Waals surface area (Å²) in [5.74, 6) is 0. The fourth-order valence-electron chi connectivity index (χ4n) is 1.17. The van der Waals surface area contributed by atoms with Crippen molar-refractivity contribution < 1.29 is 22.9 Å². The van der Waals surface area contributed by atoms with Gasteiger partial charge in [-0.3, -0.25) is 14.9 Å². The molecule has 0 spiro atoms. The van der Waals surface area contributed by atoms with Gasteiger partial charge in [0.05, 0.1) is 10.5 Å². The Balaban J connectivity index is 3.33. The maximum atomic E-state index is 12.5. The number of alkyl halides is 3. The average Bonchev–Trinajstić information content (AvgIpc) is 2.24. The van der Waals surface area contributed by atoms with Gasteiger partial charge in [0, 0.05) is 6.08 Å². The van der Waals surface area contributed by atoms with Crippen molar-refractivity contribution in [2.24, 2.45) is 0 Å². The van der Waals surface area contributed by atoms with Crippen molar-refractivity contribution in [2.45, 2.75) is 6.18 Å². The van der Waals surface area contributed by atoms with E-state index in [1.165, 1.54) is 6.07 Å². The molecule has 1 aromatic rings. The van der Waals surface area contributed by atoms with Crippen LogP contribution in [0.15, 0.2) is 30.0 Å². The summed E-state index contributed by atoms with van der Waals surface area (Å²) in [6.45, 7) is 0. The first-order valence-electron chi connectivity index (χ1n) is 4.33. The minimum atomic E-state index is -4.63.